The first kappa shape index (κ1) is 13.3. The van der Waals surface area contributed by atoms with Crippen LogP contribution in [0.3, 0.4) is 0 Å². The zero-order chi connectivity index (χ0) is 13.0. The molecule has 2 nitrogen and oxygen atoms in total. The van der Waals surface area contributed by atoms with Crippen LogP contribution in [0.5, 0.6) is 0 Å². The lowest BCUT2D eigenvalue weighted by atomic mass is 10.1. The van der Waals surface area contributed by atoms with E-state index in [9.17, 15) is 4.79 Å². The van der Waals surface area contributed by atoms with Gasteiger partial charge in [0.2, 0.25) is 0 Å². The molecular weight excluding hydrogens is 290 g/mol. The minimum absolute atomic E-state index is 0.120. The lowest BCUT2D eigenvalue weighted by molar-refractivity contribution is 0.0706. The Hall–Kier alpha value is -1.09. The van der Waals surface area contributed by atoms with E-state index in [0.29, 0.717) is 12.6 Å². The second kappa shape index (κ2) is 6.19. The molecule has 1 fully saturated rings. The summed E-state index contributed by atoms with van der Waals surface area (Å²) < 4.78 is 0.996. The SMILES string of the molecule is C=CCN(C(=O)c1ccc(Br)cc1)C1CCCC1. The molecule has 1 aromatic rings. The molecule has 0 bridgehead atoms. The Balaban J connectivity index is 2.16. The van der Waals surface area contributed by atoms with Gasteiger partial charge in [-0.2, -0.15) is 0 Å². The molecular formula is C15H18BrNO. The van der Waals surface area contributed by atoms with Crippen LogP contribution in [-0.2, 0) is 0 Å². The number of hydrogen-bond donors (Lipinski definition) is 0. The quantitative estimate of drug-likeness (QED) is 0.769. The molecule has 0 aromatic heterocycles. The largest absolute Gasteiger partial charge is 0.332 e. The van der Waals surface area contributed by atoms with E-state index in [4.69, 9.17) is 0 Å². The second-order valence-corrected chi connectivity index (χ2v) is 5.61. The zero-order valence-corrected chi connectivity index (χ0v) is 12.0. The van der Waals surface area contributed by atoms with E-state index in [1.165, 1.54) is 12.8 Å². The van der Waals surface area contributed by atoms with Gasteiger partial charge in [-0.15, -0.1) is 6.58 Å². The van der Waals surface area contributed by atoms with Gasteiger partial charge in [0.25, 0.3) is 5.91 Å². The number of carbonyl (C=O) groups excluding carboxylic acids is 1. The number of hydrogen-bond acceptors (Lipinski definition) is 1. The topological polar surface area (TPSA) is 20.3 Å². The zero-order valence-electron chi connectivity index (χ0n) is 10.4. The highest BCUT2D eigenvalue weighted by Crippen LogP contribution is 2.25. The summed E-state index contributed by atoms with van der Waals surface area (Å²) in [7, 11) is 0. The van der Waals surface area contributed by atoms with Gasteiger partial charge < -0.3 is 4.90 Å². The summed E-state index contributed by atoms with van der Waals surface area (Å²) in [6.07, 6.45) is 6.51. The van der Waals surface area contributed by atoms with Gasteiger partial charge in [-0.05, 0) is 37.1 Å². The molecule has 0 unspecified atom stereocenters. The first-order valence-corrected chi connectivity index (χ1v) is 7.19. The van der Waals surface area contributed by atoms with Crippen LogP contribution in [-0.4, -0.2) is 23.4 Å². The molecule has 0 N–H and O–H groups in total. The van der Waals surface area contributed by atoms with Gasteiger partial charge >= 0.3 is 0 Å². The van der Waals surface area contributed by atoms with Crippen LogP contribution in [0.4, 0.5) is 0 Å². The van der Waals surface area contributed by atoms with Gasteiger partial charge in [0, 0.05) is 22.6 Å². The number of halogens is 1. The maximum absolute atomic E-state index is 12.5. The van der Waals surface area contributed by atoms with E-state index in [-0.39, 0.29) is 5.91 Å². The van der Waals surface area contributed by atoms with Crippen LogP contribution in [0, 0.1) is 0 Å². The van der Waals surface area contributed by atoms with Crippen molar-refractivity contribution in [3.63, 3.8) is 0 Å². The van der Waals surface area contributed by atoms with Crippen molar-refractivity contribution < 1.29 is 4.79 Å². The Morgan fingerprint density at radius 2 is 1.94 bits per heavy atom. The molecule has 0 spiro atoms. The normalized spacial score (nSPS) is 15.6. The monoisotopic (exact) mass is 307 g/mol. The first-order valence-electron chi connectivity index (χ1n) is 6.40. The molecule has 96 valence electrons. The highest BCUT2D eigenvalue weighted by molar-refractivity contribution is 9.10. The van der Waals surface area contributed by atoms with Gasteiger partial charge in [-0.25, -0.2) is 0 Å². The van der Waals surface area contributed by atoms with Crippen LogP contribution in [0.2, 0.25) is 0 Å². The van der Waals surface area contributed by atoms with E-state index in [1.54, 1.807) is 0 Å². The molecule has 1 aromatic carbocycles. The van der Waals surface area contributed by atoms with Crippen molar-refractivity contribution >= 4 is 21.8 Å². The fraction of sp³-hybridized carbons (Fsp3) is 0.400. The fourth-order valence-electron chi connectivity index (χ4n) is 2.51. The first-order chi connectivity index (χ1) is 8.72. The van der Waals surface area contributed by atoms with E-state index in [1.807, 2.05) is 35.2 Å². The van der Waals surface area contributed by atoms with Gasteiger partial charge in [-0.1, -0.05) is 34.8 Å². The smallest absolute Gasteiger partial charge is 0.254 e. The summed E-state index contributed by atoms with van der Waals surface area (Å²) >= 11 is 3.39. The molecule has 0 heterocycles. The maximum Gasteiger partial charge on any atom is 0.254 e. The molecule has 3 heteroatoms. The summed E-state index contributed by atoms with van der Waals surface area (Å²) in [4.78, 5) is 14.5. The van der Waals surface area contributed by atoms with Crippen LogP contribution in [0.15, 0.2) is 41.4 Å². The molecule has 0 atom stereocenters. The van der Waals surface area contributed by atoms with Crippen LogP contribution in [0.1, 0.15) is 36.0 Å². The molecule has 2 rings (SSSR count). The number of carbonyl (C=O) groups is 1. The Morgan fingerprint density at radius 3 is 2.50 bits per heavy atom. The third kappa shape index (κ3) is 3.02. The summed E-state index contributed by atoms with van der Waals surface area (Å²) in [5, 5.41) is 0. The highest BCUT2D eigenvalue weighted by atomic mass is 79.9. The van der Waals surface area contributed by atoms with E-state index in [2.05, 4.69) is 22.5 Å². The Labute approximate surface area is 117 Å². The van der Waals surface area contributed by atoms with Crippen molar-refractivity contribution in [3.05, 3.63) is 47.0 Å². The second-order valence-electron chi connectivity index (χ2n) is 4.69. The molecule has 1 aliphatic carbocycles. The lowest BCUT2D eigenvalue weighted by Crippen LogP contribution is -2.38. The van der Waals surface area contributed by atoms with E-state index in [0.717, 1.165) is 22.9 Å². The Bertz CT molecular complexity index is 421. The van der Waals surface area contributed by atoms with Gasteiger partial charge in [0.05, 0.1) is 0 Å². The maximum atomic E-state index is 12.5. The van der Waals surface area contributed by atoms with Gasteiger partial charge in [0.15, 0.2) is 0 Å². The number of rotatable bonds is 4. The van der Waals surface area contributed by atoms with Gasteiger partial charge in [0.1, 0.15) is 0 Å². The van der Waals surface area contributed by atoms with Crippen molar-refractivity contribution in [2.24, 2.45) is 0 Å². The summed E-state index contributed by atoms with van der Waals surface area (Å²) in [5.41, 5.74) is 0.756. The third-order valence-corrected chi connectivity index (χ3v) is 3.97. The minimum Gasteiger partial charge on any atom is -0.332 e. The molecule has 18 heavy (non-hydrogen) atoms. The number of nitrogens with zero attached hydrogens (tertiary/aromatic N) is 1. The molecule has 0 aliphatic heterocycles. The Morgan fingerprint density at radius 1 is 1.33 bits per heavy atom. The van der Waals surface area contributed by atoms with Crippen molar-refractivity contribution in [1.29, 1.82) is 0 Å². The van der Waals surface area contributed by atoms with E-state index >= 15 is 0 Å². The molecule has 1 amide bonds. The van der Waals surface area contributed by atoms with E-state index < -0.39 is 0 Å². The minimum atomic E-state index is 0.120. The molecule has 0 radical (unpaired) electrons. The highest BCUT2D eigenvalue weighted by Gasteiger charge is 2.26. The lowest BCUT2D eigenvalue weighted by Gasteiger charge is -2.28. The molecule has 0 saturated heterocycles. The average Bonchev–Trinajstić information content (AvgIpc) is 2.90. The van der Waals surface area contributed by atoms with Crippen LogP contribution < -0.4 is 0 Å². The summed E-state index contributed by atoms with van der Waals surface area (Å²) in [5.74, 6) is 0.120. The molecule has 1 saturated carbocycles. The summed E-state index contributed by atoms with van der Waals surface area (Å²) in [6, 6.07) is 7.95. The predicted molar refractivity (Wildman–Crippen MR) is 77.6 cm³/mol. The van der Waals surface area contributed by atoms with Crippen LogP contribution >= 0.6 is 15.9 Å². The fourth-order valence-corrected chi connectivity index (χ4v) is 2.78. The summed E-state index contributed by atoms with van der Waals surface area (Å²) in [6.45, 7) is 4.40. The third-order valence-electron chi connectivity index (χ3n) is 3.44. The predicted octanol–water partition coefficient (Wildman–Crippen LogP) is 4.02. The van der Waals surface area contributed by atoms with Crippen molar-refractivity contribution in [1.82, 2.24) is 4.90 Å². The number of benzene rings is 1. The Kier molecular flexibility index (Phi) is 4.59. The van der Waals surface area contributed by atoms with Crippen molar-refractivity contribution in [3.8, 4) is 0 Å². The van der Waals surface area contributed by atoms with Crippen molar-refractivity contribution in [2.45, 2.75) is 31.7 Å². The average molecular weight is 308 g/mol. The number of amides is 1. The van der Waals surface area contributed by atoms with Gasteiger partial charge in [-0.3, -0.25) is 4.79 Å². The molecule has 1 aliphatic rings. The van der Waals surface area contributed by atoms with Crippen molar-refractivity contribution in [2.75, 3.05) is 6.54 Å². The van der Waals surface area contributed by atoms with Crippen LogP contribution in [0.25, 0.3) is 0 Å². The standard InChI is InChI=1S/C15H18BrNO/c1-2-11-17(14-5-3-4-6-14)15(18)12-7-9-13(16)10-8-12/h2,7-10,14H,1,3-6,11H2.